The molecule has 4 aliphatic heterocycles. The second kappa shape index (κ2) is 9.97. The molecule has 46 heavy (non-hydrogen) atoms. The number of rotatable bonds is 5. The van der Waals surface area contributed by atoms with Crippen LogP contribution in [0.3, 0.4) is 0 Å². The summed E-state index contributed by atoms with van der Waals surface area (Å²) in [5.74, 6) is 1.01. The van der Waals surface area contributed by atoms with Gasteiger partial charge in [-0.05, 0) is 49.6 Å². The SMILES string of the molecule is CCCN1c2cc3c(cc2C(C)(C)C1C)C1(c2cc4c(cc2O3)N(CCOC(C)=O)C(C)C4(C)C)c2ccccc2S(=O)(=O)N1C. The summed E-state index contributed by atoms with van der Waals surface area (Å²) < 4.78 is 42.4. The molecule has 8 nitrogen and oxygen atoms in total. The van der Waals surface area contributed by atoms with E-state index in [9.17, 15) is 13.2 Å². The van der Waals surface area contributed by atoms with Gasteiger partial charge in [-0.25, -0.2) is 8.42 Å². The fraction of sp³-hybridized carbons (Fsp3) is 0.486. The van der Waals surface area contributed by atoms with Gasteiger partial charge >= 0.3 is 5.97 Å². The van der Waals surface area contributed by atoms with Crippen LogP contribution in [0, 0.1) is 0 Å². The molecule has 244 valence electrons. The van der Waals surface area contributed by atoms with Gasteiger partial charge in [0.25, 0.3) is 0 Å². The van der Waals surface area contributed by atoms with Gasteiger partial charge in [-0.1, -0.05) is 52.8 Å². The number of anilines is 2. The molecule has 0 aliphatic carbocycles. The van der Waals surface area contributed by atoms with Crippen LogP contribution in [0.1, 0.15) is 89.6 Å². The van der Waals surface area contributed by atoms with E-state index in [0.717, 1.165) is 46.6 Å². The van der Waals surface area contributed by atoms with Crippen LogP contribution in [0.5, 0.6) is 11.5 Å². The third-order valence-electron chi connectivity index (χ3n) is 11.7. The summed E-state index contributed by atoms with van der Waals surface area (Å²) >= 11 is 0. The quantitative estimate of drug-likeness (QED) is 0.288. The normalized spacial score (nSPS) is 25.8. The monoisotopic (exact) mass is 643 g/mol. The zero-order valence-electron chi connectivity index (χ0n) is 28.4. The van der Waals surface area contributed by atoms with Crippen molar-refractivity contribution in [2.24, 2.45) is 0 Å². The number of sulfonamides is 1. The first-order valence-corrected chi connectivity index (χ1v) is 17.9. The molecule has 3 unspecified atom stereocenters. The number of hydrogen-bond acceptors (Lipinski definition) is 7. The Balaban J connectivity index is 1.53. The maximum absolute atomic E-state index is 14.3. The van der Waals surface area contributed by atoms with Crippen molar-refractivity contribution in [2.75, 3.05) is 36.5 Å². The van der Waals surface area contributed by atoms with Gasteiger partial charge in [-0.2, -0.15) is 4.31 Å². The first-order chi connectivity index (χ1) is 21.6. The van der Waals surface area contributed by atoms with Gasteiger partial charge < -0.3 is 19.3 Å². The van der Waals surface area contributed by atoms with Gasteiger partial charge in [0, 0.05) is 83.6 Å². The summed E-state index contributed by atoms with van der Waals surface area (Å²) in [6.07, 6.45) is 1.02. The molecule has 0 bridgehead atoms. The minimum Gasteiger partial charge on any atom is -0.464 e. The lowest BCUT2D eigenvalue weighted by molar-refractivity contribution is -0.140. The molecule has 0 saturated heterocycles. The predicted molar refractivity (Wildman–Crippen MR) is 181 cm³/mol. The summed E-state index contributed by atoms with van der Waals surface area (Å²) in [6.45, 7) is 18.9. The van der Waals surface area contributed by atoms with Crippen LogP contribution >= 0.6 is 0 Å². The minimum absolute atomic E-state index is 0.103. The third kappa shape index (κ3) is 3.81. The molecule has 0 aromatic heterocycles. The summed E-state index contributed by atoms with van der Waals surface area (Å²) in [6, 6.07) is 16.4. The van der Waals surface area contributed by atoms with Crippen molar-refractivity contribution in [3.63, 3.8) is 0 Å². The molecule has 1 spiro atoms. The van der Waals surface area contributed by atoms with E-state index in [-0.39, 0.29) is 35.5 Å². The summed E-state index contributed by atoms with van der Waals surface area (Å²) in [5.41, 5.74) is 5.36. The van der Waals surface area contributed by atoms with Crippen molar-refractivity contribution in [1.82, 2.24) is 4.31 Å². The Labute approximate surface area is 273 Å². The van der Waals surface area contributed by atoms with Gasteiger partial charge in [-0.15, -0.1) is 0 Å². The van der Waals surface area contributed by atoms with Crippen LogP contribution < -0.4 is 14.5 Å². The molecular formula is C37H45N3O5S. The Bertz CT molecular complexity index is 1900. The highest BCUT2D eigenvalue weighted by Crippen LogP contribution is 2.63. The largest absolute Gasteiger partial charge is 0.464 e. The lowest BCUT2D eigenvalue weighted by atomic mass is 9.71. The summed E-state index contributed by atoms with van der Waals surface area (Å²) in [5, 5.41) is 0. The highest BCUT2D eigenvalue weighted by Gasteiger charge is 2.60. The summed E-state index contributed by atoms with van der Waals surface area (Å²) in [7, 11) is -2.11. The van der Waals surface area contributed by atoms with Gasteiger partial charge in [0.1, 0.15) is 23.6 Å². The molecule has 0 fully saturated rings. The highest BCUT2D eigenvalue weighted by atomic mass is 32.2. The highest BCUT2D eigenvalue weighted by molar-refractivity contribution is 7.89. The van der Waals surface area contributed by atoms with Crippen molar-refractivity contribution in [2.45, 2.75) is 95.2 Å². The maximum Gasteiger partial charge on any atom is 0.302 e. The Morgan fingerprint density at radius 3 is 1.87 bits per heavy atom. The number of esters is 1. The molecule has 9 heteroatoms. The topological polar surface area (TPSA) is 79.4 Å². The number of carbonyl (C=O) groups is 1. The molecule has 3 atom stereocenters. The Morgan fingerprint density at radius 2 is 1.35 bits per heavy atom. The van der Waals surface area contributed by atoms with Crippen LogP contribution in [0.15, 0.2) is 53.4 Å². The molecule has 0 N–H and O–H groups in total. The van der Waals surface area contributed by atoms with Crippen LogP contribution in [0.4, 0.5) is 11.4 Å². The lowest BCUT2D eigenvalue weighted by Crippen LogP contribution is -2.45. The van der Waals surface area contributed by atoms with Gasteiger partial charge in [0.05, 0.1) is 11.4 Å². The number of carbonyl (C=O) groups excluding carboxylic acids is 1. The number of benzene rings is 3. The van der Waals surface area contributed by atoms with Crippen LogP contribution in [-0.2, 0) is 35.9 Å². The minimum atomic E-state index is -3.83. The number of nitrogens with zero attached hydrogens (tertiary/aromatic N) is 3. The molecule has 4 heterocycles. The van der Waals surface area contributed by atoms with Crippen molar-refractivity contribution in [1.29, 1.82) is 0 Å². The standard InChI is InChI=1S/C37H45N3O5S/c1-10-15-39-22(2)35(5,6)26-18-28-32(20-30(26)39)45-33-21-31-27(36(7,8)23(3)40(31)16-17-44-24(4)41)19-29(33)37(28)25-13-11-12-14-34(25)46(42,43)38(37)9/h11-14,18-23H,10,15-17H2,1-9H3. The zero-order chi connectivity index (χ0) is 33.1. The average molecular weight is 644 g/mol. The van der Waals surface area contributed by atoms with Crippen molar-refractivity contribution >= 4 is 27.4 Å². The smallest absolute Gasteiger partial charge is 0.302 e. The number of hydrogen-bond donors (Lipinski definition) is 0. The first-order valence-electron chi connectivity index (χ1n) is 16.4. The molecule has 0 saturated carbocycles. The Kier molecular flexibility index (Phi) is 6.73. The first kappa shape index (κ1) is 31.1. The molecule has 7 rings (SSSR count). The average Bonchev–Trinajstić information content (AvgIpc) is 3.39. The van der Waals surface area contributed by atoms with E-state index >= 15 is 0 Å². The molecule has 3 aromatic carbocycles. The van der Waals surface area contributed by atoms with Gasteiger partial charge in [0.15, 0.2) is 0 Å². The molecular weight excluding hydrogens is 598 g/mol. The van der Waals surface area contributed by atoms with Crippen LogP contribution in [-0.4, -0.2) is 57.5 Å². The van der Waals surface area contributed by atoms with E-state index in [2.05, 4.69) is 82.5 Å². The maximum atomic E-state index is 14.3. The molecule has 0 radical (unpaired) electrons. The lowest BCUT2D eigenvalue weighted by Gasteiger charge is -2.42. The molecule has 3 aromatic rings. The second-order valence-corrected chi connectivity index (χ2v) is 16.5. The molecule has 0 amide bonds. The number of fused-ring (bicyclic) bond motifs is 8. The third-order valence-corrected chi connectivity index (χ3v) is 13.6. The van der Waals surface area contributed by atoms with Crippen LogP contribution in [0.25, 0.3) is 0 Å². The number of ether oxygens (including phenoxy) is 2. The zero-order valence-corrected chi connectivity index (χ0v) is 29.2. The van der Waals surface area contributed by atoms with Crippen LogP contribution in [0.2, 0.25) is 0 Å². The second-order valence-electron chi connectivity index (χ2n) is 14.5. The van der Waals surface area contributed by atoms with E-state index in [4.69, 9.17) is 9.47 Å². The van der Waals surface area contributed by atoms with Gasteiger partial charge in [0.2, 0.25) is 10.0 Å². The Hall–Kier alpha value is -3.56. The molecule has 4 aliphatic rings. The van der Waals surface area contributed by atoms with Crippen molar-refractivity contribution < 1.29 is 22.7 Å². The fourth-order valence-electron chi connectivity index (χ4n) is 8.56. The van der Waals surface area contributed by atoms with E-state index in [0.29, 0.717) is 22.9 Å². The van der Waals surface area contributed by atoms with E-state index in [1.54, 1.807) is 23.5 Å². The fourth-order valence-corrected chi connectivity index (χ4v) is 10.3. The van der Waals surface area contributed by atoms with Gasteiger partial charge in [-0.3, -0.25) is 4.79 Å². The predicted octanol–water partition coefficient (Wildman–Crippen LogP) is 6.66. The van der Waals surface area contributed by atoms with E-state index in [1.165, 1.54) is 12.5 Å². The summed E-state index contributed by atoms with van der Waals surface area (Å²) in [4.78, 5) is 16.7. The van der Waals surface area contributed by atoms with Crippen molar-refractivity contribution in [3.05, 3.63) is 76.3 Å². The van der Waals surface area contributed by atoms with Crippen molar-refractivity contribution in [3.8, 4) is 11.5 Å². The van der Waals surface area contributed by atoms with E-state index < -0.39 is 15.6 Å². The van der Waals surface area contributed by atoms with E-state index in [1.807, 2.05) is 12.1 Å². The Morgan fingerprint density at radius 1 is 0.826 bits per heavy atom.